The van der Waals surface area contributed by atoms with Gasteiger partial charge in [-0.1, -0.05) is 6.07 Å². The molecule has 0 saturated carbocycles. The second-order valence-corrected chi connectivity index (χ2v) is 9.57. The number of rotatable bonds is 5. The number of anilines is 1. The first kappa shape index (κ1) is 23.9. The van der Waals surface area contributed by atoms with Crippen molar-refractivity contribution in [1.29, 1.82) is 0 Å². The van der Waals surface area contributed by atoms with E-state index < -0.39 is 27.7 Å². The molecular weight excluding hydrogens is 473 g/mol. The predicted octanol–water partition coefficient (Wildman–Crippen LogP) is 3.47. The molecular formula is C22H21F3N4O4S. The fraction of sp³-hybridized carbons (Fsp3) is 0.273. The van der Waals surface area contributed by atoms with Gasteiger partial charge in [0, 0.05) is 31.0 Å². The number of hydrogen-bond donors (Lipinski definition) is 1. The Balaban J connectivity index is 1.70. The molecule has 2 aromatic carbocycles. The molecule has 2 heterocycles. The molecule has 1 fully saturated rings. The van der Waals surface area contributed by atoms with Crippen LogP contribution in [0.25, 0.3) is 5.69 Å². The molecule has 1 saturated heterocycles. The molecule has 1 aliphatic rings. The molecule has 0 aliphatic carbocycles. The van der Waals surface area contributed by atoms with E-state index in [1.807, 2.05) is 0 Å². The van der Waals surface area contributed by atoms with Gasteiger partial charge in [-0.15, -0.1) is 0 Å². The molecule has 8 nitrogen and oxygen atoms in total. The van der Waals surface area contributed by atoms with Gasteiger partial charge < -0.3 is 10.1 Å². The number of amides is 1. The number of benzene rings is 2. The monoisotopic (exact) mass is 494 g/mol. The molecule has 0 radical (unpaired) electrons. The third kappa shape index (κ3) is 4.83. The van der Waals surface area contributed by atoms with E-state index in [0.717, 1.165) is 12.1 Å². The van der Waals surface area contributed by atoms with Crippen molar-refractivity contribution in [3.05, 3.63) is 71.5 Å². The lowest BCUT2D eigenvalue weighted by Gasteiger charge is -2.26. The van der Waals surface area contributed by atoms with E-state index in [1.165, 1.54) is 45.6 Å². The van der Waals surface area contributed by atoms with E-state index >= 15 is 0 Å². The first-order valence-electron chi connectivity index (χ1n) is 10.3. The highest BCUT2D eigenvalue weighted by Gasteiger charge is 2.32. The number of aryl methyl sites for hydroxylation is 1. The van der Waals surface area contributed by atoms with Crippen molar-refractivity contribution in [1.82, 2.24) is 14.1 Å². The van der Waals surface area contributed by atoms with Crippen molar-refractivity contribution in [3.63, 3.8) is 0 Å². The fourth-order valence-corrected chi connectivity index (χ4v) is 4.99. The Morgan fingerprint density at radius 1 is 1.12 bits per heavy atom. The predicted molar refractivity (Wildman–Crippen MR) is 117 cm³/mol. The van der Waals surface area contributed by atoms with Crippen LogP contribution in [0.1, 0.15) is 21.5 Å². The number of aromatic nitrogens is 2. The summed E-state index contributed by atoms with van der Waals surface area (Å²) in [5, 5.41) is 6.52. The van der Waals surface area contributed by atoms with Crippen molar-refractivity contribution >= 4 is 21.6 Å². The Morgan fingerprint density at radius 2 is 1.85 bits per heavy atom. The molecule has 1 amide bonds. The van der Waals surface area contributed by atoms with Gasteiger partial charge in [-0.05, 0) is 48.9 Å². The number of morpholine rings is 1. The molecule has 34 heavy (non-hydrogen) atoms. The lowest BCUT2D eigenvalue weighted by molar-refractivity contribution is -0.137. The highest BCUT2D eigenvalue weighted by Crippen LogP contribution is 2.33. The molecule has 0 spiro atoms. The second-order valence-electron chi connectivity index (χ2n) is 7.63. The summed E-state index contributed by atoms with van der Waals surface area (Å²) in [7, 11) is -3.87. The van der Waals surface area contributed by atoms with Gasteiger partial charge in [0.2, 0.25) is 10.0 Å². The van der Waals surface area contributed by atoms with Gasteiger partial charge in [0.05, 0.1) is 35.0 Å². The Kier molecular flexibility index (Phi) is 6.47. The van der Waals surface area contributed by atoms with Crippen LogP contribution in [0.3, 0.4) is 0 Å². The molecule has 1 aliphatic heterocycles. The van der Waals surface area contributed by atoms with E-state index in [2.05, 4.69) is 10.4 Å². The maximum absolute atomic E-state index is 13.3. The van der Waals surface area contributed by atoms with Gasteiger partial charge in [-0.2, -0.15) is 22.6 Å². The molecule has 1 N–H and O–H groups in total. The van der Waals surface area contributed by atoms with E-state index in [1.54, 1.807) is 13.0 Å². The quantitative estimate of drug-likeness (QED) is 0.586. The van der Waals surface area contributed by atoms with Gasteiger partial charge in [0.25, 0.3) is 5.91 Å². The lowest BCUT2D eigenvalue weighted by Crippen LogP contribution is -2.40. The Morgan fingerprint density at radius 3 is 2.50 bits per heavy atom. The number of sulfonamides is 1. The van der Waals surface area contributed by atoms with Crippen LogP contribution >= 0.6 is 0 Å². The van der Waals surface area contributed by atoms with E-state index in [0.29, 0.717) is 5.56 Å². The van der Waals surface area contributed by atoms with Gasteiger partial charge in [-0.25, -0.2) is 13.1 Å². The number of nitrogens with zero attached hydrogens (tertiary/aromatic N) is 3. The van der Waals surface area contributed by atoms with E-state index in [-0.39, 0.29) is 48.1 Å². The number of ether oxygens (including phenoxy) is 1. The summed E-state index contributed by atoms with van der Waals surface area (Å²) in [6.07, 6.45) is -1.64. The largest absolute Gasteiger partial charge is 0.416 e. The topological polar surface area (TPSA) is 93.5 Å². The number of nitrogens with one attached hydrogen (secondary N) is 1. The Hall–Kier alpha value is -3.22. The molecule has 3 aromatic rings. The maximum Gasteiger partial charge on any atom is 0.416 e. The highest BCUT2D eigenvalue weighted by molar-refractivity contribution is 7.89. The number of alkyl halides is 3. The van der Waals surface area contributed by atoms with Gasteiger partial charge in [0.15, 0.2) is 0 Å². The normalized spacial score (nSPS) is 15.3. The third-order valence-corrected chi connectivity index (χ3v) is 7.28. The molecule has 4 rings (SSSR count). The number of hydrogen-bond acceptors (Lipinski definition) is 5. The molecule has 180 valence electrons. The summed E-state index contributed by atoms with van der Waals surface area (Å²) >= 11 is 0. The molecule has 0 atom stereocenters. The zero-order valence-electron chi connectivity index (χ0n) is 18.0. The number of halogens is 3. The van der Waals surface area contributed by atoms with Crippen molar-refractivity contribution in [2.45, 2.75) is 18.0 Å². The number of carbonyl (C=O) groups excluding carboxylic acids is 1. The fourth-order valence-electron chi connectivity index (χ4n) is 3.56. The second kappa shape index (κ2) is 9.20. The standard InChI is InChI=1S/C22H21F3N4O4S/c1-15-3-5-17(34(31,32)28-9-11-33-12-10-28)14-18(15)21(30)27-19-13-16(22(23,24)25)4-6-20(19)29-8-2-7-26-29/h2-8,13-14H,9-12H2,1H3,(H,27,30). The summed E-state index contributed by atoms with van der Waals surface area (Å²) in [5.41, 5.74) is -0.353. The van der Waals surface area contributed by atoms with Crippen molar-refractivity contribution in [2.75, 3.05) is 31.6 Å². The van der Waals surface area contributed by atoms with E-state index in [4.69, 9.17) is 4.74 Å². The summed E-state index contributed by atoms with van der Waals surface area (Å²) in [5.74, 6) is -0.746. The maximum atomic E-state index is 13.3. The van der Waals surface area contributed by atoms with Crippen LogP contribution in [0.15, 0.2) is 59.8 Å². The van der Waals surface area contributed by atoms with E-state index in [9.17, 15) is 26.4 Å². The summed E-state index contributed by atoms with van der Waals surface area (Å²) in [4.78, 5) is 13.0. The SMILES string of the molecule is Cc1ccc(S(=O)(=O)N2CCOCC2)cc1C(=O)Nc1cc(C(F)(F)F)ccc1-n1cccn1. The van der Waals surface area contributed by atoms with Crippen LogP contribution in [0, 0.1) is 6.92 Å². The minimum atomic E-state index is -4.62. The van der Waals surface area contributed by atoms with Crippen LogP contribution in [-0.4, -0.2) is 54.7 Å². The Labute approximate surface area is 194 Å². The zero-order valence-corrected chi connectivity index (χ0v) is 18.9. The summed E-state index contributed by atoms with van der Waals surface area (Å²) in [6.45, 7) is 2.53. The minimum absolute atomic E-state index is 0.0261. The van der Waals surface area contributed by atoms with Gasteiger partial charge >= 0.3 is 6.18 Å². The average Bonchev–Trinajstić information content (AvgIpc) is 3.34. The smallest absolute Gasteiger partial charge is 0.379 e. The third-order valence-electron chi connectivity index (χ3n) is 5.38. The molecule has 0 unspecified atom stereocenters. The van der Waals surface area contributed by atoms with Crippen LogP contribution in [0.4, 0.5) is 18.9 Å². The molecule has 1 aromatic heterocycles. The summed E-state index contributed by atoms with van der Waals surface area (Å²) < 4.78 is 73.7. The number of carbonyl (C=O) groups is 1. The summed E-state index contributed by atoms with van der Waals surface area (Å²) in [6, 6.07) is 8.63. The lowest BCUT2D eigenvalue weighted by atomic mass is 10.1. The minimum Gasteiger partial charge on any atom is -0.379 e. The van der Waals surface area contributed by atoms with Crippen LogP contribution in [0.5, 0.6) is 0 Å². The first-order chi connectivity index (χ1) is 16.1. The molecule has 0 bridgehead atoms. The first-order valence-corrected chi connectivity index (χ1v) is 11.7. The molecule has 12 heteroatoms. The zero-order chi connectivity index (χ0) is 24.5. The van der Waals surface area contributed by atoms with Crippen LogP contribution in [-0.2, 0) is 20.9 Å². The van der Waals surface area contributed by atoms with Gasteiger partial charge in [-0.3, -0.25) is 4.79 Å². The Bertz CT molecular complexity index is 1300. The average molecular weight is 494 g/mol. The highest BCUT2D eigenvalue weighted by atomic mass is 32.2. The van der Waals surface area contributed by atoms with Crippen molar-refractivity contribution in [2.24, 2.45) is 0 Å². The van der Waals surface area contributed by atoms with Gasteiger partial charge in [0.1, 0.15) is 0 Å². The van der Waals surface area contributed by atoms with Crippen molar-refractivity contribution in [3.8, 4) is 5.69 Å². The van der Waals surface area contributed by atoms with Crippen LogP contribution in [0.2, 0.25) is 0 Å². The van der Waals surface area contributed by atoms with Crippen LogP contribution < -0.4 is 5.32 Å². The van der Waals surface area contributed by atoms with Crippen molar-refractivity contribution < 1.29 is 31.1 Å².